The molecule has 0 bridgehead atoms. The van der Waals surface area contributed by atoms with E-state index in [0.29, 0.717) is 23.5 Å². The number of aromatic nitrogens is 1. The van der Waals surface area contributed by atoms with Crippen molar-refractivity contribution in [2.24, 2.45) is 0 Å². The third-order valence-electron chi connectivity index (χ3n) is 3.12. The van der Waals surface area contributed by atoms with Gasteiger partial charge in [-0.15, -0.1) is 11.3 Å². The van der Waals surface area contributed by atoms with Crippen LogP contribution in [0.2, 0.25) is 0 Å². The Labute approximate surface area is 126 Å². The second-order valence-corrected chi connectivity index (χ2v) is 5.54. The lowest BCUT2D eigenvalue weighted by Gasteiger charge is -2.11. The number of methoxy groups -OCH3 is 1. The molecule has 104 valence electrons. The summed E-state index contributed by atoms with van der Waals surface area (Å²) in [6.45, 7) is 0.564. The van der Waals surface area contributed by atoms with E-state index in [1.807, 2.05) is 24.3 Å². The van der Waals surface area contributed by atoms with Gasteiger partial charge < -0.3 is 10.1 Å². The van der Waals surface area contributed by atoms with E-state index in [1.165, 1.54) is 0 Å². The molecule has 1 aromatic heterocycles. The molecule has 5 heteroatoms. The Morgan fingerprint density at radius 2 is 2.10 bits per heavy atom. The average molecular weight is 295 g/mol. The number of nitrogens with one attached hydrogen (secondary N) is 1. The van der Waals surface area contributed by atoms with Gasteiger partial charge in [0.25, 0.3) is 0 Å². The van der Waals surface area contributed by atoms with Crippen LogP contribution in [0.25, 0.3) is 10.2 Å². The van der Waals surface area contributed by atoms with Gasteiger partial charge in [0, 0.05) is 0 Å². The summed E-state index contributed by atoms with van der Waals surface area (Å²) in [5.74, 6) is 0.662. The molecule has 0 atom stereocenters. The molecule has 1 N–H and O–H groups in total. The molecule has 0 amide bonds. The second-order valence-electron chi connectivity index (χ2n) is 4.42. The maximum absolute atomic E-state index is 9.19. The van der Waals surface area contributed by atoms with Gasteiger partial charge in [-0.05, 0) is 24.3 Å². The van der Waals surface area contributed by atoms with Crippen molar-refractivity contribution in [3.63, 3.8) is 0 Å². The number of ether oxygens (including phenoxy) is 1. The summed E-state index contributed by atoms with van der Waals surface area (Å²) in [4.78, 5) is 4.57. The van der Waals surface area contributed by atoms with Crippen LogP contribution in [0, 0.1) is 11.3 Å². The lowest BCUT2D eigenvalue weighted by atomic mass is 10.2. The van der Waals surface area contributed by atoms with E-state index in [2.05, 4.69) is 22.4 Å². The Hall–Kier alpha value is -2.58. The zero-order valence-electron chi connectivity index (χ0n) is 11.5. The summed E-state index contributed by atoms with van der Waals surface area (Å²) >= 11 is 1.65. The first-order valence-electron chi connectivity index (χ1n) is 6.47. The predicted molar refractivity (Wildman–Crippen MR) is 84.7 cm³/mol. The number of hydrogen-bond acceptors (Lipinski definition) is 5. The molecule has 21 heavy (non-hydrogen) atoms. The lowest BCUT2D eigenvalue weighted by Crippen LogP contribution is -2.03. The van der Waals surface area contributed by atoms with Crippen molar-refractivity contribution in [1.82, 2.24) is 4.98 Å². The molecule has 1 heterocycles. The Bertz CT molecular complexity index is 787. The summed E-state index contributed by atoms with van der Waals surface area (Å²) in [6, 6.07) is 15.6. The number of hydrogen-bond donors (Lipinski definition) is 1. The van der Waals surface area contributed by atoms with Crippen molar-refractivity contribution < 1.29 is 4.74 Å². The molecule has 0 spiro atoms. The van der Waals surface area contributed by atoms with Crippen LogP contribution < -0.4 is 10.1 Å². The number of nitriles is 1. The van der Waals surface area contributed by atoms with Crippen molar-refractivity contribution in [2.75, 3.05) is 12.4 Å². The van der Waals surface area contributed by atoms with E-state index in [4.69, 9.17) is 4.74 Å². The fraction of sp³-hybridized carbons (Fsp3) is 0.125. The van der Waals surface area contributed by atoms with Gasteiger partial charge in [-0.3, -0.25) is 0 Å². The van der Waals surface area contributed by atoms with Gasteiger partial charge in [0.2, 0.25) is 0 Å². The number of anilines is 1. The van der Waals surface area contributed by atoms with E-state index >= 15 is 0 Å². The van der Waals surface area contributed by atoms with E-state index in [1.54, 1.807) is 30.6 Å². The first-order chi connectivity index (χ1) is 10.3. The monoisotopic (exact) mass is 295 g/mol. The van der Waals surface area contributed by atoms with Gasteiger partial charge in [-0.1, -0.05) is 18.2 Å². The topological polar surface area (TPSA) is 57.9 Å². The fourth-order valence-electron chi connectivity index (χ4n) is 2.14. The molecule has 0 aliphatic heterocycles. The van der Waals surface area contributed by atoms with Crippen LogP contribution >= 0.6 is 11.3 Å². The molecule has 0 saturated heterocycles. The smallest absolute Gasteiger partial charge is 0.143 e. The summed E-state index contributed by atoms with van der Waals surface area (Å²) < 4.78 is 6.47. The van der Waals surface area contributed by atoms with Gasteiger partial charge >= 0.3 is 0 Å². The van der Waals surface area contributed by atoms with Crippen LogP contribution in [0.5, 0.6) is 5.75 Å². The van der Waals surface area contributed by atoms with Crippen LogP contribution in [0.1, 0.15) is 10.6 Å². The fourth-order valence-corrected chi connectivity index (χ4v) is 3.04. The van der Waals surface area contributed by atoms with E-state index in [9.17, 15) is 5.26 Å². The normalized spacial score (nSPS) is 10.3. The third kappa shape index (κ3) is 2.67. The number of fused-ring (bicyclic) bond motifs is 1. The van der Waals surface area contributed by atoms with Crippen LogP contribution in [0.3, 0.4) is 0 Å². The molecule has 4 nitrogen and oxygen atoms in total. The standard InChI is InChI=1S/C16H13N3OS/c1-20-13-7-4-5-11(9-17)16(13)18-10-15-19-12-6-2-3-8-14(12)21-15/h2-8,18H,10H2,1H3. The summed E-state index contributed by atoms with van der Waals surface area (Å²) in [7, 11) is 1.60. The highest BCUT2D eigenvalue weighted by Gasteiger charge is 2.10. The minimum absolute atomic E-state index is 0.564. The highest BCUT2D eigenvalue weighted by Crippen LogP contribution is 2.29. The highest BCUT2D eigenvalue weighted by molar-refractivity contribution is 7.18. The first-order valence-corrected chi connectivity index (χ1v) is 7.29. The zero-order chi connectivity index (χ0) is 14.7. The number of thiazole rings is 1. The molecule has 3 rings (SSSR count). The van der Waals surface area contributed by atoms with Crippen LogP contribution in [-0.2, 0) is 6.54 Å². The molecule has 0 aliphatic rings. The largest absolute Gasteiger partial charge is 0.495 e. The van der Waals surface area contributed by atoms with Gasteiger partial charge in [0.05, 0.1) is 35.1 Å². The van der Waals surface area contributed by atoms with Gasteiger partial charge in [0.15, 0.2) is 0 Å². The highest BCUT2D eigenvalue weighted by atomic mass is 32.1. The Kier molecular flexibility index (Phi) is 3.71. The SMILES string of the molecule is COc1cccc(C#N)c1NCc1nc2ccccc2s1. The van der Waals surface area contributed by atoms with Crippen LogP contribution in [-0.4, -0.2) is 12.1 Å². The Balaban J connectivity index is 1.86. The zero-order valence-corrected chi connectivity index (χ0v) is 12.3. The average Bonchev–Trinajstić information content (AvgIpc) is 2.95. The summed E-state index contributed by atoms with van der Waals surface area (Å²) in [5.41, 5.74) is 2.28. The molecular weight excluding hydrogens is 282 g/mol. The Morgan fingerprint density at radius 1 is 1.24 bits per heavy atom. The van der Waals surface area contributed by atoms with Crippen molar-refractivity contribution in [2.45, 2.75) is 6.54 Å². The molecule has 0 saturated carbocycles. The van der Waals surface area contributed by atoms with Crippen molar-refractivity contribution in [3.8, 4) is 11.8 Å². The predicted octanol–water partition coefficient (Wildman–Crippen LogP) is 3.79. The molecule has 0 fully saturated rings. The van der Waals surface area contributed by atoms with Gasteiger partial charge in [-0.2, -0.15) is 5.26 Å². The molecule has 0 radical (unpaired) electrons. The molecular formula is C16H13N3OS. The molecule has 2 aromatic carbocycles. The van der Waals surface area contributed by atoms with Crippen molar-refractivity contribution in [3.05, 3.63) is 53.0 Å². The van der Waals surface area contributed by atoms with E-state index in [-0.39, 0.29) is 0 Å². The molecule has 0 aliphatic carbocycles. The number of nitrogens with zero attached hydrogens (tertiary/aromatic N) is 2. The van der Waals surface area contributed by atoms with Gasteiger partial charge in [0.1, 0.15) is 16.8 Å². The van der Waals surface area contributed by atoms with Gasteiger partial charge in [-0.25, -0.2) is 4.98 Å². The van der Waals surface area contributed by atoms with Crippen LogP contribution in [0.4, 0.5) is 5.69 Å². The number of rotatable bonds is 4. The maximum Gasteiger partial charge on any atom is 0.143 e. The van der Waals surface area contributed by atoms with E-state index in [0.717, 1.165) is 15.2 Å². The summed E-state index contributed by atoms with van der Waals surface area (Å²) in [5, 5.41) is 13.4. The molecule has 3 aromatic rings. The summed E-state index contributed by atoms with van der Waals surface area (Å²) in [6.07, 6.45) is 0. The van der Waals surface area contributed by atoms with E-state index < -0.39 is 0 Å². The van der Waals surface area contributed by atoms with Crippen LogP contribution in [0.15, 0.2) is 42.5 Å². The third-order valence-corrected chi connectivity index (χ3v) is 4.16. The lowest BCUT2D eigenvalue weighted by molar-refractivity contribution is 0.416. The maximum atomic E-state index is 9.19. The second kappa shape index (κ2) is 5.81. The first kappa shape index (κ1) is 13.4. The van der Waals surface area contributed by atoms with Crippen molar-refractivity contribution >= 4 is 27.2 Å². The van der Waals surface area contributed by atoms with Crippen molar-refractivity contribution in [1.29, 1.82) is 5.26 Å². The number of para-hydroxylation sites is 2. The minimum atomic E-state index is 0.564. The quantitative estimate of drug-likeness (QED) is 0.795. The Morgan fingerprint density at radius 3 is 2.86 bits per heavy atom. The molecule has 0 unspecified atom stereocenters. The minimum Gasteiger partial charge on any atom is -0.495 e. The number of benzene rings is 2.